The maximum absolute atomic E-state index is 11.5. The average molecular weight is 270 g/mol. The van der Waals surface area contributed by atoms with E-state index < -0.39 is 20.0 Å². The van der Waals surface area contributed by atoms with Crippen LogP contribution in [-0.4, -0.2) is 30.2 Å². The number of carboxylic acid groups (broad SMARTS) is 2. The number of rotatable bonds is 4. The Morgan fingerprint density at radius 3 is 1.78 bits per heavy atom. The summed E-state index contributed by atoms with van der Waals surface area (Å²) in [6.07, 6.45) is 4.74. The second-order valence-corrected chi connectivity index (χ2v) is 11.0. The van der Waals surface area contributed by atoms with Crippen molar-refractivity contribution in [2.24, 2.45) is 5.92 Å². The van der Waals surface area contributed by atoms with Crippen molar-refractivity contribution < 1.29 is 19.8 Å². The zero-order valence-corrected chi connectivity index (χ0v) is 12.3. The van der Waals surface area contributed by atoms with Gasteiger partial charge < -0.3 is 10.2 Å². The van der Waals surface area contributed by atoms with Gasteiger partial charge in [0.05, 0.1) is 8.07 Å². The molecule has 1 fully saturated rings. The van der Waals surface area contributed by atoms with E-state index in [1.165, 1.54) is 0 Å². The summed E-state index contributed by atoms with van der Waals surface area (Å²) in [5.41, 5.74) is 0.182. The highest BCUT2D eigenvalue weighted by Gasteiger charge is 2.35. The number of hydrogen-bond acceptors (Lipinski definition) is 2. The largest absolute Gasteiger partial charge is 0.478 e. The molecule has 1 aliphatic carbocycles. The molecule has 0 atom stereocenters. The van der Waals surface area contributed by atoms with E-state index in [4.69, 9.17) is 0 Å². The third kappa shape index (κ3) is 3.45. The van der Waals surface area contributed by atoms with Gasteiger partial charge in [-0.25, -0.2) is 9.59 Å². The van der Waals surface area contributed by atoms with Crippen LogP contribution in [0.1, 0.15) is 32.1 Å². The minimum absolute atomic E-state index is 0.0749. The summed E-state index contributed by atoms with van der Waals surface area (Å²) in [5, 5.41) is 19.0. The van der Waals surface area contributed by atoms with Gasteiger partial charge in [-0.2, -0.15) is 0 Å². The molecule has 1 aliphatic rings. The maximum atomic E-state index is 11.5. The quantitative estimate of drug-likeness (QED) is 0.608. The van der Waals surface area contributed by atoms with Crippen LogP contribution in [0.25, 0.3) is 0 Å². The number of aliphatic carboxylic acids is 2. The summed E-state index contributed by atoms with van der Waals surface area (Å²) in [4.78, 5) is 22.9. The standard InChI is InChI=1S/C13H22O4Si/c1-18(2,3)11(13(16)17)10(12(14)15)9-7-5-4-6-8-9/h9H,4-8H2,1-3H3,(H,14,15)(H,16,17)/b11-10-. The molecule has 2 N–H and O–H groups in total. The maximum Gasteiger partial charge on any atom is 0.331 e. The van der Waals surface area contributed by atoms with Gasteiger partial charge in [0.2, 0.25) is 0 Å². The third-order valence-electron chi connectivity index (χ3n) is 3.48. The molecule has 4 nitrogen and oxygen atoms in total. The van der Waals surface area contributed by atoms with E-state index in [2.05, 4.69) is 0 Å². The van der Waals surface area contributed by atoms with Crippen LogP contribution in [0, 0.1) is 5.92 Å². The first-order valence-electron chi connectivity index (χ1n) is 6.46. The van der Waals surface area contributed by atoms with Crippen molar-refractivity contribution in [3.8, 4) is 0 Å². The van der Waals surface area contributed by atoms with Gasteiger partial charge in [-0.05, 0) is 18.8 Å². The van der Waals surface area contributed by atoms with Crippen molar-refractivity contribution in [1.29, 1.82) is 0 Å². The number of carboxylic acids is 2. The van der Waals surface area contributed by atoms with E-state index in [-0.39, 0.29) is 16.7 Å². The zero-order valence-electron chi connectivity index (χ0n) is 11.3. The first-order valence-corrected chi connectivity index (χ1v) is 9.96. The summed E-state index contributed by atoms with van der Waals surface area (Å²) in [6.45, 7) is 5.67. The van der Waals surface area contributed by atoms with Crippen molar-refractivity contribution in [2.75, 3.05) is 0 Å². The topological polar surface area (TPSA) is 74.6 Å². The minimum Gasteiger partial charge on any atom is -0.478 e. The van der Waals surface area contributed by atoms with Gasteiger partial charge >= 0.3 is 11.9 Å². The van der Waals surface area contributed by atoms with Crippen molar-refractivity contribution >= 4 is 20.0 Å². The van der Waals surface area contributed by atoms with E-state index in [9.17, 15) is 19.8 Å². The molecule has 0 saturated heterocycles. The van der Waals surface area contributed by atoms with Crippen LogP contribution < -0.4 is 0 Å². The lowest BCUT2D eigenvalue weighted by molar-refractivity contribution is -0.136. The van der Waals surface area contributed by atoms with Gasteiger partial charge in [-0.15, -0.1) is 0 Å². The fraction of sp³-hybridized carbons (Fsp3) is 0.692. The Bertz CT molecular complexity index is 373. The fourth-order valence-corrected chi connectivity index (χ4v) is 4.48. The summed E-state index contributed by atoms with van der Waals surface area (Å²) in [7, 11) is -2.16. The van der Waals surface area contributed by atoms with Crippen LogP contribution in [0.2, 0.25) is 19.6 Å². The molecule has 1 saturated carbocycles. The highest BCUT2D eigenvalue weighted by Crippen LogP contribution is 2.34. The predicted octanol–water partition coefficient (Wildman–Crippen LogP) is 2.91. The molecule has 0 unspecified atom stereocenters. The fourth-order valence-electron chi connectivity index (χ4n) is 2.72. The Hall–Kier alpha value is -1.10. The van der Waals surface area contributed by atoms with E-state index in [1.807, 2.05) is 19.6 Å². The second kappa shape index (κ2) is 5.69. The van der Waals surface area contributed by atoms with Crippen LogP contribution >= 0.6 is 0 Å². The average Bonchev–Trinajstić information content (AvgIpc) is 2.24. The molecular formula is C13H22O4Si. The van der Waals surface area contributed by atoms with Gasteiger partial charge in [0.15, 0.2) is 0 Å². The normalized spacial score (nSPS) is 19.3. The zero-order chi connectivity index (χ0) is 13.9. The highest BCUT2D eigenvalue weighted by molar-refractivity contribution is 6.87. The van der Waals surface area contributed by atoms with Gasteiger partial charge in [-0.3, -0.25) is 0 Å². The molecule has 5 heteroatoms. The van der Waals surface area contributed by atoms with Crippen molar-refractivity contribution in [1.82, 2.24) is 0 Å². The Morgan fingerprint density at radius 1 is 0.944 bits per heavy atom. The predicted molar refractivity (Wildman–Crippen MR) is 72.2 cm³/mol. The lowest BCUT2D eigenvalue weighted by Gasteiger charge is -2.27. The lowest BCUT2D eigenvalue weighted by atomic mass is 9.83. The summed E-state index contributed by atoms with van der Waals surface area (Å²) >= 11 is 0. The van der Waals surface area contributed by atoms with Gasteiger partial charge in [0, 0.05) is 10.8 Å². The molecule has 0 radical (unpaired) electrons. The Balaban J connectivity index is 3.28. The lowest BCUT2D eigenvalue weighted by Crippen LogP contribution is -2.35. The van der Waals surface area contributed by atoms with Crippen LogP contribution in [0.15, 0.2) is 10.8 Å². The van der Waals surface area contributed by atoms with E-state index in [0.29, 0.717) is 0 Å². The van der Waals surface area contributed by atoms with E-state index >= 15 is 0 Å². The van der Waals surface area contributed by atoms with Crippen LogP contribution in [0.4, 0.5) is 0 Å². The first kappa shape index (κ1) is 15.0. The van der Waals surface area contributed by atoms with Gasteiger partial charge in [-0.1, -0.05) is 38.9 Å². The molecule has 0 aliphatic heterocycles. The Kier molecular flexibility index (Phi) is 4.73. The third-order valence-corrected chi connectivity index (χ3v) is 5.46. The monoisotopic (exact) mass is 270 g/mol. The molecule has 0 aromatic heterocycles. The van der Waals surface area contributed by atoms with E-state index in [0.717, 1.165) is 32.1 Å². The van der Waals surface area contributed by atoms with Gasteiger partial charge in [0.1, 0.15) is 0 Å². The van der Waals surface area contributed by atoms with Crippen LogP contribution in [-0.2, 0) is 9.59 Å². The van der Waals surface area contributed by atoms with Crippen molar-refractivity contribution in [3.05, 3.63) is 10.8 Å². The van der Waals surface area contributed by atoms with Crippen LogP contribution in [0.3, 0.4) is 0 Å². The second-order valence-electron chi connectivity index (χ2n) is 5.98. The molecule has 18 heavy (non-hydrogen) atoms. The summed E-state index contributed by atoms with van der Waals surface area (Å²) in [5.74, 6) is -2.16. The summed E-state index contributed by atoms with van der Waals surface area (Å²) < 4.78 is 0. The molecule has 0 spiro atoms. The Labute approximate surface area is 109 Å². The molecular weight excluding hydrogens is 248 g/mol. The molecule has 1 rings (SSSR count). The molecule has 0 heterocycles. The Morgan fingerprint density at radius 2 is 1.44 bits per heavy atom. The molecule has 0 bridgehead atoms. The number of carbonyl (C=O) groups is 2. The molecule has 0 aromatic rings. The SMILES string of the molecule is C[Si](C)(C)/C(C(=O)O)=C(\C(=O)O)C1CCCCC1. The minimum atomic E-state index is -2.16. The van der Waals surface area contributed by atoms with Crippen LogP contribution in [0.5, 0.6) is 0 Å². The smallest absolute Gasteiger partial charge is 0.331 e. The van der Waals surface area contributed by atoms with Crippen molar-refractivity contribution in [3.63, 3.8) is 0 Å². The molecule has 102 valence electrons. The molecule has 0 aromatic carbocycles. The molecule has 0 amide bonds. The van der Waals surface area contributed by atoms with E-state index in [1.54, 1.807) is 0 Å². The van der Waals surface area contributed by atoms with Crippen molar-refractivity contribution in [2.45, 2.75) is 51.7 Å². The number of hydrogen-bond donors (Lipinski definition) is 2. The van der Waals surface area contributed by atoms with Gasteiger partial charge in [0.25, 0.3) is 0 Å². The highest BCUT2D eigenvalue weighted by atomic mass is 28.3. The first-order chi connectivity index (χ1) is 8.25. The summed E-state index contributed by atoms with van der Waals surface area (Å²) in [6, 6.07) is 0.